The third-order valence-corrected chi connectivity index (χ3v) is 5.72. The van der Waals surface area contributed by atoms with Crippen molar-refractivity contribution in [2.75, 3.05) is 33.4 Å². The Morgan fingerprint density at radius 1 is 1.12 bits per heavy atom. The van der Waals surface area contributed by atoms with Crippen molar-refractivity contribution in [2.45, 2.75) is 6.61 Å². The van der Waals surface area contributed by atoms with Gasteiger partial charge < -0.3 is 19.1 Å². The minimum Gasteiger partial charge on any atom is -0.488 e. The summed E-state index contributed by atoms with van der Waals surface area (Å²) >= 11 is 0. The zero-order chi connectivity index (χ0) is 23.5. The van der Waals surface area contributed by atoms with E-state index in [2.05, 4.69) is 13.2 Å². The Hall–Kier alpha value is -3.71. The molecular formula is C26H24FNO5. The number of fused-ring (bicyclic) bond motifs is 3. The maximum Gasteiger partial charge on any atom is 0.338 e. The maximum atomic E-state index is 14.2. The van der Waals surface area contributed by atoms with Gasteiger partial charge >= 0.3 is 5.97 Å². The number of ether oxygens (including phenoxy) is 3. The molecule has 1 fully saturated rings. The molecule has 0 N–H and O–H groups in total. The maximum absolute atomic E-state index is 14.2. The number of halogens is 1. The average Bonchev–Trinajstić information content (AvgIpc) is 2.85. The van der Waals surface area contributed by atoms with Crippen LogP contribution in [0, 0.1) is 0 Å². The van der Waals surface area contributed by atoms with Crippen LogP contribution in [0.2, 0.25) is 0 Å². The molecule has 1 amide bonds. The molecule has 0 unspecified atom stereocenters. The normalized spacial score (nSPS) is 15.1. The van der Waals surface area contributed by atoms with Gasteiger partial charge in [-0.25, -0.2) is 9.18 Å². The van der Waals surface area contributed by atoms with E-state index in [1.165, 1.54) is 19.3 Å². The molecule has 0 spiro atoms. The molecule has 0 saturated carbocycles. The molecule has 6 nitrogen and oxygen atoms in total. The number of morpholine rings is 1. The summed E-state index contributed by atoms with van der Waals surface area (Å²) in [5.74, 6) is -0.885. The fourth-order valence-corrected chi connectivity index (χ4v) is 4.07. The van der Waals surface area contributed by atoms with Crippen LogP contribution < -0.4 is 4.74 Å². The molecule has 2 aromatic rings. The molecule has 0 radical (unpaired) electrons. The van der Waals surface area contributed by atoms with Gasteiger partial charge in [-0.3, -0.25) is 4.79 Å². The second-order valence-corrected chi connectivity index (χ2v) is 7.67. The Morgan fingerprint density at radius 3 is 2.55 bits per heavy atom. The Morgan fingerprint density at radius 2 is 1.88 bits per heavy atom. The van der Waals surface area contributed by atoms with Gasteiger partial charge in [-0.15, -0.1) is 0 Å². The third-order valence-electron chi connectivity index (χ3n) is 5.72. The summed E-state index contributed by atoms with van der Waals surface area (Å²) in [7, 11) is 1.26. The monoisotopic (exact) mass is 449 g/mol. The van der Waals surface area contributed by atoms with Gasteiger partial charge in [-0.1, -0.05) is 31.4 Å². The molecule has 170 valence electrons. The lowest BCUT2D eigenvalue weighted by Gasteiger charge is -2.28. The van der Waals surface area contributed by atoms with Crippen LogP contribution >= 0.6 is 0 Å². The number of esters is 1. The Bertz CT molecular complexity index is 1180. The average molecular weight is 449 g/mol. The quantitative estimate of drug-likeness (QED) is 0.495. The first-order chi connectivity index (χ1) is 15.9. The first kappa shape index (κ1) is 22.5. The standard InChI is InChI=1S/C26H24FNO5/c1-4-5-19(16(2)27)21-14-24-22(13-23(21)26(30)31-3)20-7-6-17(12-18(20)15-33-24)25(29)28-8-10-32-11-9-28/h4-7,12-14H,1-2,8-11,15H2,3H3/b19-5+. The van der Waals surface area contributed by atoms with Crippen LogP contribution in [0.3, 0.4) is 0 Å². The van der Waals surface area contributed by atoms with Crippen LogP contribution in [0.25, 0.3) is 16.7 Å². The SMILES string of the molecule is C=C/C=C(\C(=C)F)c1cc2c(cc1C(=O)OC)-c1ccc(C(=O)N3CCOCC3)cc1CO2. The summed E-state index contributed by atoms with van der Waals surface area (Å²) in [6.07, 6.45) is 2.86. The van der Waals surface area contributed by atoms with Gasteiger partial charge in [0.1, 0.15) is 18.2 Å². The molecule has 2 aliphatic rings. The Labute approximate surface area is 191 Å². The van der Waals surface area contributed by atoms with Gasteiger partial charge in [0.15, 0.2) is 0 Å². The number of benzene rings is 2. The van der Waals surface area contributed by atoms with Gasteiger partial charge in [0.25, 0.3) is 5.91 Å². The molecule has 0 aromatic heterocycles. The fourth-order valence-electron chi connectivity index (χ4n) is 4.07. The first-order valence-corrected chi connectivity index (χ1v) is 10.5. The van der Waals surface area contributed by atoms with E-state index in [1.54, 1.807) is 23.1 Å². The van der Waals surface area contributed by atoms with Crippen molar-refractivity contribution in [3.63, 3.8) is 0 Å². The predicted molar refractivity (Wildman–Crippen MR) is 123 cm³/mol. The number of carbonyl (C=O) groups excluding carboxylic acids is 2. The number of methoxy groups -OCH3 is 1. The Balaban J connectivity index is 1.78. The second-order valence-electron chi connectivity index (χ2n) is 7.67. The van der Waals surface area contributed by atoms with Crippen molar-refractivity contribution >= 4 is 17.4 Å². The van der Waals surface area contributed by atoms with E-state index >= 15 is 0 Å². The van der Waals surface area contributed by atoms with Crippen molar-refractivity contribution in [3.8, 4) is 16.9 Å². The number of amides is 1. The van der Waals surface area contributed by atoms with E-state index < -0.39 is 11.8 Å². The first-order valence-electron chi connectivity index (χ1n) is 10.5. The lowest BCUT2D eigenvalue weighted by molar-refractivity contribution is 0.0302. The summed E-state index contributed by atoms with van der Waals surface area (Å²) in [4.78, 5) is 27.2. The van der Waals surface area contributed by atoms with Gasteiger partial charge in [0, 0.05) is 35.4 Å². The minimum atomic E-state index is -0.706. The zero-order valence-electron chi connectivity index (χ0n) is 18.4. The highest BCUT2D eigenvalue weighted by atomic mass is 19.1. The lowest BCUT2D eigenvalue weighted by atomic mass is 9.89. The van der Waals surface area contributed by atoms with Crippen molar-refractivity contribution < 1.29 is 28.2 Å². The van der Waals surface area contributed by atoms with Gasteiger partial charge in [0.2, 0.25) is 0 Å². The van der Waals surface area contributed by atoms with Crippen LogP contribution in [0.15, 0.2) is 61.5 Å². The minimum absolute atomic E-state index is 0.0573. The summed E-state index contributed by atoms with van der Waals surface area (Å²) in [6.45, 7) is 9.38. The summed E-state index contributed by atoms with van der Waals surface area (Å²) in [5.41, 5.74) is 3.48. The van der Waals surface area contributed by atoms with E-state index in [4.69, 9.17) is 14.2 Å². The highest BCUT2D eigenvalue weighted by Gasteiger charge is 2.26. The third kappa shape index (κ3) is 4.32. The van der Waals surface area contributed by atoms with E-state index in [1.807, 2.05) is 12.1 Å². The molecule has 0 aliphatic carbocycles. The van der Waals surface area contributed by atoms with E-state index in [0.717, 1.165) is 11.1 Å². The highest BCUT2D eigenvalue weighted by Crippen LogP contribution is 2.42. The van der Waals surface area contributed by atoms with E-state index in [0.29, 0.717) is 48.7 Å². The predicted octanol–water partition coefficient (Wildman–Crippen LogP) is 4.56. The van der Waals surface area contributed by atoms with Crippen molar-refractivity contribution in [3.05, 3.63) is 83.7 Å². The molecule has 0 atom stereocenters. The van der Waals surface area contributed by atoms with E-state index in [9.17, 15) is 14.0 Å². The molecule has 33 heavy (non-hydrogen) atoms. The number of hydrogen-bond donors (Lipinski definition) is 0. The number of nitrogens with zero attached hydrogens (tertiary/aromatic N) is 1. The van der Waals surface area contributed by atoms with Crippen molar-refractivity contribution in [2.24, 2.45) is 0 Å². The highest BCUT2D eigenvalue weighted by molar-refractivity contribution is 6.01. The van der Waals surface area contributed by atoms with Crippen molar-refractivity contribution in [1.29, 1.82) is 0 Å². The fraction of sp³-hybridized carbons (Fsp3) is 0.231. The topological polar surface area (TPSA) is 65.1 Å². The van der Waals surface area contributed by atoms with Crippen LogP contribution in [0.4, 0.5) is 4.39 Å². The molecule has 1 saturated heterocycles. The van der Waals surface area contributed by atoms with Crippen molar-refractivity contribution in [1.82, 2.24) is 4.90 Å². The lowest BCUT2D eigenvalue weighted by Crippen LogP contribution is -2.40. The molecule has 0 bridgehead atoms. The summed E-state index contributed by atoms with van der Waals surface area (Å²) in [6, 6.07) is 8.66. The van der Waals surface area contributed by atoms with Gasteiger partial charge in [-0.05, 0) is 35.4 Å². The van der Waals surface area contributed by atoms with Crippen LogP contribution in [-0.4, -0.2) is 50.2 Å². The summed E-state index contributed by atoms with van der Waals surface area (Å²) < 4.78 is 30.4. The smallest absolute Gasteiger partial charge is 0.338 e. The van der Waals surface area contributed by atoms with Crippen LogP contribution in [0.5, 0.6) is 5.75 Å². The molecule has 4 rings (SSSR count). The second kappa shape index (κ2) is 9.42. The number of allylic oxidation sites excluding steroid dienone is 4. The van der Waals surface area contributed by atoms with Crippen LogP contribution in [0.1, 0.15) is 31.8 Å². The summed E-state index contributed by atoms with van der Waals surface area (Å²) in [5, 5.41) is 0. The Kier molecular flexibility index (Phi) is 6.42. The molecule has 2 aliphatic heterocycles. The largest absolute Gasteiger partial charge is 0.488 e. The van der Waals surface area contributed by atoms with Crippen LogP contribution in [-0.2, 0) is 16.1 Å². The zero-order valence-corrected chi connectivity index (χ0v) is 18.4. The number of rotatable bonds is 5. The molecule has 2 aromatic carbocycles. The number of carbonyl (C=O) groups is 2. The number of hydrogen-bond acceptors (Lipinski definition) is 5. The molecular weight excluding hydrogens is 425 g/mol. The molecule has 2 heterocycles. The van der Waals surface area contributed by atoms with Gasteiger partial charge in [0.05, 0.1) is 25.9 Å². The van der Waals surface area contributed by atoms with Gasteiger partial charge in [-0.2, -0.15) is 0 Å². The molecule has 7 heteroatoms. The van der Waals surface area contributed by atoms with E-state index in [-0.39, 0.29) is 23.7 Å².